The lowest BCUT2D eigenvalue weighted by Gasteiger charge is -2.29. The number of ether oxygens (including phenoxy) is 1. The number of aromatic nitrogens is 1. The molecular formula is C26H40N4O4S. The minimum absolute atomic E-state index is 0.274. The summed E-state index contributed by atoms with van der Waals surface area (Å²) in [5.74, 6) is 0.477. The van der Waals surface area contributed by atoms with Crippen molar-refractivity contribution in [3.05, 3.63) is 41.6 Å². The van der Waals surface area contributed by atoms with Gasteiger partial charge in [-0.25, -0.2) is 9.52 Å². The van der Waals surface area contributed by atoms with Crippen LogP contribution in [-0.4, -0.2) is 67.6 Å². The van der Waals surface area contributed by atoms with Gasteiger partial charge in [-0.05, 0) is 62.3 Å². The van der Waals surface area contributed by atoms with Crippen molar-refractivity contribution >= 4 is 32.8 Å². The Bertz CT molecular complexity index is 1190. The molecule has 1 aliphatic rings. The number of amides is 1. The molecule has 1 N–H and O–H groups in total. The van der Waals surface area contributed by atoms with Gasteiger partial charge in [-0.15, -0.1) is 0 Å². The third kappa shape index (κ3) is 7.08. The molecule has 1 aliphatic heterocycles. The standard InChI is InChI=1S/C26H40N4O4S/c1-19(2)17-30-18-22(10-13-27-35(32,33)28(6)7)23-9-8-21(16-24(23)30)20-11-14-29(15-12-20)25(31)34-26(3,4)5/h8-9,11,16,18-19,27H,10,12-15,17H2,1-7H3. The predicted molar refractivity (Wildman–Crippen MR) is 141 cm³/mol. The lowest BCUT2D eigenvalue weighted by molar-refractivity contribution is 0.0270. The summed E-state index contributed by atoms with van der Waals surface area (Å²) in [7, 11) is -0.406. The largest absolute Gasteiger partial charge is 0.444 e. The first kappa shape index (κ1) is 27.2. The van der Waals surface area contributed by atoms with E-state index in [0.717, 1.165) is 35.0 Å². The Hall–Kier alpha value is -2.36. The quantitative estimate of drug-likeness (QED) is 0.582. The zero-order valence-corrected chi connectivity index (χ0v) is 22.9. The van der Waals surface area contributed by atoms with E-state index in [1.165, 1.54) is 24.0 Å². The first-order valence-corrected chi connectivity index (χ1v) is 13.7. The highest BCUT2D eigenvalue weighted by Gasteiger charge is 2.24. The van der Waals surface area contributed by atoms with Crippen molar-refractivity contribution < 1.29 is 17.9 Å². The Balaban J connectivity index is 1.81. The Kier molecular flexibility index (Phi) is 8.34. The zero-order chi connectivity index (χ0) is 26.0. The molecule has 1 aromatic carbocycles. The molecule has 0 atom stereocenters. The van der Waals surface area contributed by atoms with Gasteiger partial charge in [0.25, 0.3) is 10.2 Å². The molecule has 0 fully saturated rings. The van der Waals surface area contributed by atoms with E-state index in [0.29, 0.717) is 32.0 Å². The van der Waals surface area contributed by atoms with Crippen LogP contribution in [0, 0.1) is 5.92 Å². The molecule has 0 radical (unpaired) electrons. The maximum atomic E-state index is 12.4. The number of carbonyl (C=O) groups is 1. The van der Waals surface area contributed by atoms with Crippen LogP contribution < -0.4 is 4.72 Å². The molecule has 3 rings (SSSR count). The summed E-state index contributed by atoms with van der Waals surface area (Å²) in [6.07, 6.45) is 5.37. The van der Waals surface area contributed by atoms with Crippen LogP contribution in [0.5, 0.6) is 0 Å². The van der Waals surface area contributed by atoms with Gasteiger partial charge in [0, 0.05) is 57.4 Å². The van der Waals surface area contributed by atoms with E-state index in [-0.39, 0.29) is 6.09 Å². The van der Waals surface area contributed by atoms with Crippen LogP contribution in [0.25, 0.3) is 16.5 Å². The fraction of sp³-hybridized carbons (Fsp3) is 0.577. The maximum absolute atomic E-state index is 12.4. The van der Waals surface area contributed by atoms with Gasteiger partial charge in [0.2, 0.25) is 0 Å². The van der Waals surface area contributed by atoms with Crippen LogP contribution in [0.15, 0.2) is 30.5 Å². The molecule has 0 saturated heterocycles. The van der Waals surface area contributed by atoms with Crippen LogP contribution >= 0.6 is 0 Å². The molecule has 2 aromatic rings. The van der Waals surface area contributed by atoms with Crippen molar-refractivity contribution in [1.82, 2.24) is 18.5 Å². The first-order chi connectivity index (χ1) is 16.3. The number of nitrogens with one attached hydrogen (secondary N) is 1. The summed E-state index contributed by atoms with van der Waals surface area (Å²) in [5, 5.41) is 1.14. The Morgan fingerprint density at radius 2 is 1.94 bits per heavy atom. The molecule has 9 heteroatoms. The first-order valence-electron chi connectivity index (χ1n) is 12.2. The van der Waals surface area contributed by atoms with E-state index in [4.69, 9.17) is 4.74 Å². The fourth-order valence-corrected chi connectivity index (χ4v) is 4.80. The van der Waals surface area contributed by atoms with Crippen molar-refractivity contribution in [2.45, 2.75) is 59.6 Å². The zero-order valence-electron chi connectivity index (χ0n) is 22.1. The van der Waals surface area contributed by atoms with Crippen LogP contribution in [0.1, 0.15) is 52.2 Å². The van der Waals surface area contributed by atoms with Crippen molar-refractivity contribution in [3.63, 3.8) is 0 Å². The molecule has 35 heavy (non-hydrogen) atoms. The summed E-state index contributed by atoms with van der Waals surface area (Å²) >= 11 is 0. The summed E-state index contributed by atoms with van der Waals surface area (Å²) in [6, 6.07) is 6.49. The number of hydrogen-bond donors (Lipinski definition) is 1. The molecule has 1 aromatic heterocycles. The summed E-state index contributed by atoms with van der Waals surface area (Å²) in [6.45, 7) is 12.4. The highest BCUT2D eigenvalue weighted by atomic mass is 32.2. The molecule has 0 aliphatic carbocycles. The van der Waals surface area contributed by atoms with Crippen molar-refractivity contribution in [1.29, 1.82) is 0 Å². The molecule has 1 amide bonds. The minimum atomic E-state index is -3.44. The maximum Gasteiger partial charge on any atom is 0.410 e. The van der Waals surface area contributed by atoms with Gasteiger partial charge in [0.1, 0.15) is 5.60 Å². The van der Waals surface area contributed by atoms with Crippen molar-refractivity contribution in [2.24, 2.45) is 5.92 Å². The molecule has 0 saturated carbocycles. The van der Waals surface area contributed by atoms with Gasteiger partial charge < -0.3 is 14.2 Å². The Labute approximate surface area is 210 Å². The molecule has 194 valence electrons. The average molecular weight is 505 g/mol. The number of carbonyl (C=O) groups excluding carboxylic acids is 1. The number of benzene rings is 1. The number of rotatable bonds is 8. The minimum Gasteiger partial charge on any atom is -0.444 e. The Morgan fingerprint density at radius 1 is 1.23 bits per heavy atom. The van der Waals surface area contributed by atoms with Gasteiger partial charge in [0.05, 0.1) is 0 Å². The highest BCUT2D eigenvalue weighted by Crippen LogP contribution is 2.30. The average Bonchev–Trinajstić information content (AvgIpc) is 3.08. The van der Waals surface area contributed by atoms with Crippen LogP contribution in [0.3, 0.4) is 0 Å². The SMILES string of the molecule is CC(C)Cn1cc(CCNS(=O)(=O)N(C)C)c2ccc(C3=CCN(C(=O)OC(C)(C)C)CC3)cc21. The second-order valence-corrected chi connectivity index (χ2v) is 12.7. The third-order valence-corrected chi connectivity index (χ3v) is 7.45. The van der Waals surface area contributed by atoms with Gasteiger partial charge >= 0.3 is 6.09 Å². The molecule has 2 heterocycles. The van der Waals surface area contributed by atoms with E-state index < -0.39 is 15.8 Å². The second kappa shape index (κ2) is 10.7. The molecule has 8 nitrogen and oxygen atoms in total. The molecule has 0 unspecified atom stereocenters. The monoisotopic (exact) mass is 504 g/mol. The number of fused-ring (bicyclic) bond motifs is 1. The summed E-state index contributed by atoms with van der Waals surface area (Å²) < 4.78 is 35.7. The van der Waals surface area contributed by atoms with E-state index in [1.807, 2.05) is 20.8 Å². The van der Waals surface area contributed by atoms with E-state index >= 15 is 0 Å². The van der Waals surface area contributed by atoms with E-state index in [9.17, 15) is 13.2 Å². The lowest BCUT2D eigenvalue weighted by atomic mass is 9.98. The highest BCUT2D eigenvalue weighted by molar-refractivity contribution is 7.87. The topological polar surface area (TPSA) is 83.9 Å². The molecule has 0 spiro atoms. The number of nitrogens with zero attached hydrogens (tertiary/aromatic N) is 3. The number of hydrogen-bond acceptors (Lipinski definition) is 4. The van der Waals surface area contributed by atoms with E-state index in [2.05, 4.69) is 53.6 Å². The summed E-state index contributed by atoms with van der Waals surface area (Å²) in [4.78, 5) is 14.1. The molecule has 0 bridgehead atoms. The predicted octanol–water partition coefficient (Wildman–Crippen LogP) is 4.26. The summed E-state index contributed by atoms with van der Waals surface area (Å²) in [5.41, 5.74) is 4.16. The second-order valence-electron chi connectivity index (χ2n) is 10.8. The van der Waals surface area contributed by atoms with Gasteiger partial charge in [0.15, 0.2) is 0 Å². The van der Waals surface area contributed by atoms with Crippen LogP contribution in [0.4, 0.5) is 4.79 Å². The van der Waals surface area contributed by atoms with Crippen LogP contribution in [-0.2, 0) is 27.9 Å². The van der Waals surface area contributed by atoms with Crippen molar-refractivity contribution in [2.75, 3.05) is 33.7 Å². The van der Waals surface area contributed by atoms with Gasteiger partial charge in [-0.1, -0.05) is 32.1 Å². The van der Waals surface area contributed by atoms with Gasteiger partial charge in [-0.3, -0.25) is 0 Å². The Morgan fingerprint density at radius 3 is 2.51 bits per heavy atom. The lowest BCUT2D eigenvalue weighted by Crippen LogP contribution is -2.39. The normalized spacial score (nSPS) is 15.2. The fourth-order valence-electron chi connectivity index (χ4n) is 4.18. The van der Waals surface area contributed by atoms with Gasteiger partial charge in [-0.2, -0.15) is 12.7 Å². The molecular weight excluding hydrogens is 464 g/mol. The smallest absolute Gasteiger partial charge is 0.410 e. The third-order valence-electron chi connectivity index (χ3n) is 5.92. The van der Waals surface area contributed by atoms with Crippen LogP contribution in [0.2, 0.25) is 0 Å². The van der Waals surface area contributed by atoms with E-state index in [1.54, 1.807) is 4.90 Å². The van der Waals surface area contributed by atoms with Crippen molar-refractivity contribution in [3.8, 4) is 0 Å².